The Bertz CT molecular complexity index is 734. The maximum absolute atomic E-state index is 12.4. The number of aromatic nitrogens is 1. The number of aryl methyl sites for hydroxylation is 2. The van der Waals surface area contributed by atoms with Gasteiger partial charge < -0.3 is 15.1 Å². The predicted octanol–water partition coefficient (Wildman–Crippen LogP) is 3.09. The maximum Gasteiger partial charge on any atom is 0.256 e. The average Bonchev–Trinajstić information content (AvgIpc) is 2.64. The van der Waals surface area contributed by atoms with Gasteiger partial charge in [0.25, 0.3) is 5.91 Å². The van der Waals surface area contributed by atoms with E-state index in [1.54, 1.807) is 0 Å². The molecule has 3 rings (SSSR count). The van der Waals surface area contributed by atoms with Crippen molar-refractivity contribution in [2.45, 2.75) is 20.8 Å². The van der Waals surface area contributed by atoms with E-state index < -0.39 is 0 Å². The van der Waals surface area contributed by atoms with E-state index in [1.807, 2.05) is 50.4 Å². The van der Waals surface area contributed by atoms with Gasteiger partial charge in [-0.2, -0.15) is 0 Å². The third-order valence-electron chi connectivity index (χ3n) is 4.94. The quantitative estimate of drug-likeness (QED) is 0.931. The van der Waals surface area contributed by atoms with Crippen LogP contribution in [-0.4, -0.2) is 48.5 Å². The van der Waals surface area contributed by atoms with Crippen LogP contribution in [0.2, 0.25) is 0 Å². The topological polar surface area (TPSA) is 48.5 Å². The summed E-state index contributed by atoms with van der Waals surface area (Å²) in [5.74, 6) is 0.457. The fraction of sp³-hybridized carbons (Fsp3) is 0.400. The van der Waals surface area contributed by atoms with Gasteiger partial charge in [-0.1, -0.05) is 13.0 Å². The molecule has 1 aromatic heterocycles. The Labute approximate surface area is 149 Å². The molecule has 1 aromatic carbocycles. The molecular weight excluding hydrogens is 312 g/mol. The van der Waals surface area contributed by atoms with Crippen molar-refractivity contribution in [2.75, 3.05) is 42.9 Å². The van der Waals surface area contributed by atoms with Crippen molar-refractivity contribution in [1.82, 2.24) is 9.88 Å². The Morgan fingerprint density at radius 3 is 2.44 bits per heavy atom. The second kappa shape index (κ2) is 7.66. The van der Waals surface area contributed by atoms with Gasteiger partial charge in [0.15, 0.2) is 0 Å². The molecule has 0 spiro atoms. The summed E-state index contributed by atoms with van der Waals surface area (Å²) in [4.78, 5) is 21.6. The van der Waals surface area contributed by atoms with Gasteiger partial charge in [-0.25, -0.2) is 4.98 Å². The molecule has 1 N–H and O–H groups in total. The Morgan fingerprint density at radius 2 is 1.84 bits per heavy atom. The van der Waals surface area contributed by atoms with Gasteiger partial charge in [0.2, 0.25) is 0 Å². The number of anilines is 2. The van der Waals surface area contributed by atoms with Gasteiger partial charge in [0, 0.05) is 31.7 Å². The van der Waals surface area contributed by atoms with Crippen molar-refractivity contribution < 1.29 is 4.79 Å². The zero-order valence-corrected chi connectivity index (χ0v) is 15.2. The molecular formula is C20H26N4O. The third kappa shape index (κ3) is 4.17. The monoisotopic (exact) mass is 338 g/mol. The fourth-order valence-corrected chi connectivity index (χ4v) is 3.04. The number of carbonyl (C=O) groups is 1. The Kier molecular flexibility index (Phi) is 5.34. The van der Waals surface area contributed by atoms with E-state index in [1.165, 1.54) is 5.56 Å². The van der Waals surface area contributed by atoms with Crippen molar-refractivity contribution in [3.63, 3.8) is 0 Å². The van der Waals surface area contributed by atoms with Gasteiger partial charge in [-0.3, -0.25) is 4.79 Å². The number of piperazine rings is 1. The molecule has 2 aromatic rings. The number of nitrogens with one attached hydrogen (secondary N) is 1. The zero-order chi connectivity index (χ0) is 17.8. The third-order valence-corrected chi connectivity index (χ3v) is 4.94. The maximum atomic E-state index is 12.4. The van der Waals surface area contributed by atoms with Crippen LogP contribution in [0.5, 0.6) is 0 Å². The molecule has 1 saturated heterocycles. The molecule has 0 atom stereocenters. The zero-order valence-electron chi connectivity index (χ0n) is 15.2. The number of pyridine rings is 1. The van der Waals surface area contributed by atoms with Gasteiger partial charge in [-0.05, 0) is 55.8 Å². The van der Waals surface area contributed by atoms with Crippen molar-refractivity contribution in [1.29, 1.82) is 0 Å². The number of amides is 1. The van der Waals surface area contributed by atoms with Crippen LogP contribution in [0.3, 0.4) is 0 Å². The van der Waals surface area contributed by atoms with Crippen LogP contribution < -0.4 is 10.2 Å². The molecule has 1 fully saturated rings. The number of hydrogen-bond donors (Lipinski definition) is 1. The number of hydrogen-bond acceptors (Lipinski definition) is 4. The van der Waals surface area contributed by atoms with Crippen LogP contribution in [0.4, 0.5) is 11.5 Å². The lowest BCUT2D eigenvalue weighted by molar-refractivity contribution is 0.102. The van der Waals surface area contributed by atoms with E-state index >= 15 is 0 Å². The molecule has 2 heterocycles. The first-order valence-corrected chi connectivity index (χ1v) is 8.89. The average molecular weight is 338 g/mol. The molecule has 0 aliphatic carbocycles. The molecule has 25 heavy (non-hydrogen) atoms. The number of nitrogens with zero attached hydrogens (tertiary/aromatic N) is 3. The molecule has 132 valence electrons. The van der Waals surface area contributed by atoms with E-state index in [2.05, 4.69) is 27.0 Å². The lowest BCUT2D eigenvalue weighted by Crippen LogP contribution is -2.46. The van der Waals surface area contributed by atoms with Crippen molar-refractivity contribution in [3.05, 3.63) is 53.2 Å². The van der Waals surface area contributed by atoms with Gasteiger partial charge in [0.05, 0.1) is 11.9 Å². The highest BCUT2D eigenvalue weighted by Gasteiger charge is 2.16. The highest BCUT2D eigenvalue weighted by atomic mass is 16.1. The number of likely N-dealkylation sites (N-methyl/N-ethyl adjacent to an activating group) is 1. The summed E-state index contributed by atoms with van der Waals surface area (Å²) in [6.45, 7) is 11.6. The molecule has 1 aliphatic heterocycles. The van der Waals surface area contributed by atoms with E-state index in [0.717, 1.165) is 44.0 Å². The largest absolute Gasteiger partial charge is 0.368 e. The van der Waals surface area contributed by atoms with Crippen molar-refractivity contribution in [3.8, 4) is 0 Å². The summed E-state index contributed by atoms with van der Waals surface area (Å²) in [7, 11) is 0. The van der Waals surface area contributed by atoms with Crippen LogP contribution in [0.1, 0.15) is 28.4 Å². The van der Waals surface area contributed by atoms with Gasteiger partial charge in [0.1, 0.15) is 5.82 Å². The normalized spacial score (nSPS) is 15.2. The highest BCUT2D eigenvalue weighted by Crippen LogP contribution is 2.18. The van der Waals surface area contributed by atoms with Crippen LogP contribution >= 0.6 is 0 Å². The first-order chi connectivity index (χ1) is 12.1. The SMILES string of the molecule is CCN1CCN(c2ccc(NC(=O)c3ccc(C)c(C)c3)nc2)CC1. The molecule has 0 bridgehead atoms. The Morgan fingerprint density at radius 1 is 1.08 bits per heavy atom. The van der Waals surface area contributed by atoms with Gasteiger partial charge >= 0.3 is 0 Å². The second-order valence-corrected chi connectivity index (χ2v) is 6.58. The molecule has 1 aliphatic rings. The lowest BCUT2D eigenvalue weighted by atomic mass is 10.1. The summed E-state index contributed by atoms with van der Waals surface area (Å²) >= 11 is 0. The first-order valence-electron chi connectivity index (χ1n) is 8.89. The molecule has 5 heteroatoms. The molecule has 0 unspecified atom stereocenters. The van der Waals surface area contributed by atoms with Crippen LogP contribution in [0, 0.1) is 13.8 Å². The fourth-order valence-electron chi connectivity index (χ4n) is 3.04. The summed E-state index contributed by atoms with van der Waals surface area (Å²) in [6.07, 6.45) is 1.84. The minimum absolute atomic E-state index is 0.125. The summed E-state index contributed by atoms with van der Waals surface area (Å²) in [5, 5.41) is 2.87. The van der Waals surface area contributed by atoms with Crippen LogP contribution in [0.15, 0.2) is 36.5 Å². The van der Waals surface area contributed by atoms with E-state index in [4.69, 9.17) is 0 Å². The molecule has 0 radical (unpaired) electrons. The number of carbonyl (C=O) groups excluding carboxylic acids is 1. The van der Waals surface area contributed by atoms with E-state index in [0.29, 0.717) is 11.4 Å². The predicted molar refractivity (Wildman–Crippen MR) is 102 cm³/mol. The summed E-state index contributed by atoms with van der Waals surface area (Å²) in [6, 6.07) is 9.63. The van der Waals surface area contributed by atoms with E-state index in [-0.39, 0.29) is 5.91 Å². The summed E-state index contributed by atoms with van der Waals surface area (Å²) in [5.41, 5.74) is 4.06. The molecule has 1 amide bonds. The van der Waals surface area contributed by atoms with E-state index in [9.17, 15) is 4.79 Å². The summed E-state index contributed by atoms with van der Waals surface area (Å²) < 4.78 is 0. The van der Waals surface area contributed by atoms with Gasteiger partial charge in [-0.15, -0.1) is 0 Å². The first kappa shape index (κ1) is 17.4. The smallest absolute Gasteiger partial charge is 0.256 e. The van der Waals surface area contributed by atoms with Crippen molar-refractivity contribution in [2.24, 2.45) is 0 Å². The molecule has 5 nitrogen and oxygen atoms in total. The Hall–Kier alpha value is -2.40. The van der Waals surface area contributed by atoms with Crippen LogP contribution in [0.25, 0.3) is 0 Å². The minimum Gasteiger partial charge on any atom is -0.368 e. The lowest BCUT2D eigenvalue weighted by Gasteiger charge is -2.35. The van der Waals surface area contributed by atoms with Crippen LogP contribution in [-0.2, 0) is 0 Å². The van der Waals surface area contributed by atoms with Crippen molar-refractivity contribution >= 4 is 17.4 Å². The minimum atomic E-state index is -0.125. The number of benzene rings is 1. The second-order valence-electron chi connectivity index (χ2n) is 6.58. The number of rotatable bonds is 4. The highest BCUT2D eigenvalue weighted by molar-refractivity contribution is 6.03. The standard InChI is InChI=1S/C20H26N4O/c1-4-23-9-11-24(12-10-23)18-7-8-19(21-14-18)22-20(25)17-6-5-15(2)16(3)13-17/h5-8,13-14H,4,9-12H2,1-3H3,(H,21,22,25). The molecule has 0 saturated carbocycles. The Balaban J connectivity index is 1.62.